The van der Waals surface area contributed by atoms with Crippen LogP contribution in [-0.4, -0.2) is 22.4 Å². The molecule has 12 aromatic carbocycles. The van der Waals surface area contributed by atoms with Gasteiger partial charge in [0.25, 0.3) is 0 Å². The second-order valence-corrected chi connectivity index (χ2v) is 27.7. The van der Waals surface area contributed by atoms with E-state index in [1.54, 1.807) is 0 Å². The molecule has 3 nitrogen and oxygen atoms in total. The molecule has 14 rings (SSSR count). The smallest absolute Gasteiger partial charge is 0.0374 e. The number of rotatable bonds is 11. The van der Waals surface area contributed by atoms with Gasteiger partial charge in [0.2, 0.25) is 0 Å². The third-order valence-corrected chi connectivity index (χ3v) is 25.5. The Morgan fingerprint density at radius 3 is 1.07 bits per heavy atom. The Bertz CT molecular complexity index is 4250. The minimum Gasteiger partial charge on any atom is -0.0617 e. The number of benzene rings is 12. The molecule has 0 saturated heterocycles. The van der Waals surface area contributed by atoms with Gasteiger partial charge in [0.1, 0.15) is 0 Å². The fourth-order valence-corrected chi connectivity index (χ4v) is 22.0. The normalized spacial score (nSPS) is 11.7. The molecular formula is C72H51GeN3. The van der Waals surface area contributed by atoms with Gasteiger partial charge in [-0.3, -0.25) is 0 Å². The molecule has 76 heavy (non-hydrogen) atoms. The quantitative estimate of drug-likeness (QED) is 0.118. The van der Waals surface area contributed by atoms with Gasteiger partial charge in [-0.15, -0.1) is 0 Å². The molecular weight excluding hydrogens is 979 g/mol. The van der Waals surface area contributed by atoms with Gasteiger partial charge in [-0.05, 0) is 59.7 Å². The zero-order valence-corrected chi connectivity index (χ0v) is 43.9. The van der Waals surface area contributed by atoms with Crippen LogP contribution in [0, 0.1) is 0 Å². The average molecular weight is 1030 g/mol. The molecule has 0 spiro atoms. The number of anilines is 3. The monoisotopic (exact) mass is 1030 g/mol. The summed E-state index contributed by atoms with van der Waals surface area (Å²) in [4.78, 5) is 2.43. The summed E-state index contributed by atoms with van der Waals surface area (Å²) in [6, 6.07) is 114. The largest absolute Gasteiger partial charge is 0.0617 e. The van der Waals surface area contributed by atoms with Crippen LogP contribution in [0.15, 0.2) is 309 Å². The first-order valence-electron chi connectivity index (χ1n) is 26.2. The molecule has 0 N–H and O–H groups in total. The van der Waals surface area contributed by atoms with E-state index in [1.807, 2.05) is 0 Å². The molecule has 0 atom stereocenters. The molecule has 0 amide bonds. The first kappa shape index (κ1) is 45.2. The number of aromatic nitrogens is 2. The van der Waals surface area contributed by atoms with E-state index < -0.39 is 13.3 Å². The maximum Gasteiger partial charge on any atom is -0.0374 e. The predicted octanol–water partition coefficient (Wildman–Crippen LogP) is 16.1. The number of hydrogen-bond donors (Lipinski definition) is 0. The van der Waals surface area contributed by atoms with Crippen molar-refractivity contribution in [2.24, 2.45) is 0 Å². The summed E-state index contributed by atoms with van der Waals surface area (Å²) in [5.74, 6) is 0. The maximum atomic E-state index is 2.43. The van der Waals surface area contributed by atoms with Crippen molar-refractivity contribution in [1.29, 1.82) is 0 Å². The molecule has 0 radical (unpaired) electrons. The number of fused-ring (bicyclic) bond motifs is 6. The molecule has 0 unspecified atom stereocenters. The Kier molecular flexibility index (Phi) is 11.4. The molecule has 4 heteroatoms. The Balaban J connectivity index is 0.947. The Morgan fingerprint density at radius 1 is 0.224 bits per heavy atom. The fourth-order valence-electron chi connectivity index (χ4n) is 12.0. The van der Waals surface area contributed by atoms with E-state index in [2.05, 4.69) is 323 Å². The molecule has 0 bridgehead atoms. The van der Waals surface area contributed by atoms with Crippen LogP contribution in [-0.2, 0) is 0 Å². The van der Waals surface area contributed by atoms with Crippen molar-refractivity contribution >= 4 is 91.5 Å². The van der Waals surface area contributed by atoms with E-state index in [0.717, 1.165) is 34.0 Å². The van der Waals surface area contributed by atoms with Gasteiger partial charge in [-0.1, -0.05) is 84.9 Å². The SMILES string of the molecule is c1ccc(-c2ccc(N(c3ccc4c(c3)c3ccccc3n4-c3ccccc3)c3ccc4c(c3)c3cc(-c5cc[c]([Ge]([c]6ccccc6)([c]6ccccc6)[c]6ccccc6)cc5)ccc3n4-c3ccccc3)cc2)cc1. The van der Waals surface area contributed by atoms with Gasteiger partial charge >= 0.3 is 272 Å². The van der Waals surface area contributed by atoms with E-state index in [4.69, 9.17) is 0 Å². The third-order valence-electron chi connectivity index (χ3n) is 15.5. The van der Waals surface area contributed by atoms with Gasteiger partial charge in [-0.2, -0.15) is 0 Å². The maximum absolute atomic E-state index is 3.44. The summed E-state index contributed by atoms with van der Waals surface area (Å²) in [6.07, 6.45) is 0. The van der Waals surface area contributed by atoms with E-state index in [9.17, 15) is 0 Å². The predicted molar refractivity (Wildman–Crippen MR) is 324 cm³/mol. The van der Waals surface area contributed by atoms with Crippen LogP contribution in [0.1, 0.15) is 0 Å². The Hall–Kier alpha value is -9.42. The summed E-state index contributed by atoms with van der Waals surface area (Å²) in [6.45, 7) is 0. The van der Waals surface area contributed by atoms with Crippen molar-refractivity contribution in [3.63, 3.8) is 0 Å². The number of nitrogens with zero attached hydrogens (tertiary/aromatic N) is 3. The van der Waals surface area contributed by atoms with E-state index >= 15 is 0 Å². The minimum atomic E-state index is -3.44. The zero-order chi connectivity index (χ0) is 50.4. The summed E-state index contributed by atoms with van der Waals surface area (Å²) in [5, 5.41) is 4.82. The number of para-hydroxylation sites is 3. The van der Waals surface area contributed by atoms with Crippen LogP contribution in [0.3, 0.4) is 0 Å². The first-order valence-corrected chi connectivity index (χ1v) is 30.4. The third kappa shape index (κ3) is 7.66. The van der Waals surface area contributed by atoms with Gasteiger partial charge in [0.15, 0.2) is 0 Å². The molecule has 0 aliphatic rings. The molecule has 14 aromatic rings. The van der Waals surface area contributed by atoms with E-state index in [0.29, 0.717) is 0 Å². The van der Waals surface area contributed by atoms with Crippen LogP contribution in [0.2, 0.25) is 0 Å². The van der Waals surface area contributed by atoms with Crippen molar-refractivity contribution in [2.45, 2.75) is 0 Å². The fraction of sp³-hybridized carbons (Fsp3) is 0. The summed E-state index contributed by atoms with van der Waals surface area (Å²) in [5.41, 5.74) is 15.0. The Morgan fingerprint density at radius 2 is 0.553 bits per heavy atom. The van der Waals surface area contributed by atoms with E-state index in [1.165, 1.54) is 77.9 Å². The van der Waals surface area contributed by atoms with Gasteiger partial charge in [0, 0.05) is 16.5 Å². The standard InChI is InChI=1S/C72H51GeN3/c1-7-21-52(22-8-1)53-37-42-62(43-38-53)74(63-44-47-71-67(50-63)65-33-19-20-34-69(65)75(71)60-29-15-5-16-30-60)64-45-48-72-68(51-64)66-49-55(39-46-70(66)76(72)61-31-17-6-18-32-61)54-35-40-59(41-36-54)73(56-23-9-2-10-24-56,57-25-11-3-12-26-57)58-27-13-4-14-28-58/h1-51H. The van der Waals surface area contributed by atoms with Crippen molar-refractivity contribution in [1.82, 2.24) is 9.13 Å². The Labute approximate surface area is 445 Å². The zero-order valence-electron chi connectivity index (χ0n) is 41.8. The summed E-state index contributed by atoms with van der Waals surface area (Å²) >= 11 is -3.44. The first-order chi connectivity index (χ1) is 37.7. The summed E-state index contributed by atoms with van der Waals surface area (Å²) in [7, 11) is 0. The topological polar surface area (TPSA) is 13.1 Å². The average Bonchev–Trinajstić information content (AvgIpc) is 4.07. The molecule has 0 saturated carbocycles. The molecule has 358 valence electrons. The minimum absolute atomic E-state index is 1.08. The van der Waals surface area contributed by atoms with Crippen LogP contribution in [0.4, 0.5) is 17.1 Å². The van der Waals surface area contributed by atoms with Crippen molar-refractivity contribution in [3.8, 4) is 33.6 Å². The van der Waals surface area contributed by atoms with Crippen LogP contribution in [0.25, 0.3) is 77.2 Å². The van der Waals surface area contributed by atoms with Crippen LogP contribution < -0.4 is 22.5 Å². The van der Waals surface area contributed by atoms with Crippen molar-refractivity contribution in [3.05, 3.63) is 309 Å². The van der Waals surface area contributed by atoms with Crippen LogP contribution >= 0.6 is 0 Å². The van der Waals surface area contributed by atoms with Crippen molar-refractivity contribution in [2.75, 3.05) is 4.90 Å². The molecule has 0 fully saturated rings. The van der Waals surface area contributed by atoms with Crippen LogP contribution in [0.5, 0.6) is 0 Å². The van der Waals surface area contributed by atoms with Gasteiger partial charge < -0.3 is 4.57 Å². The molecule has 0 aliphatic carbocycles. The van der Waals surface area contributed by atoms with Gasteiger partial charge in [0.05, 0.1) is 11.0 Å². The van der Waals surface area contributed by atoms with E-state index in [-0.39, 0.29) is 0 Å². The second kappa shape index (κ2) is 19.1. The van der Waals surface area contributed by atoms with Crippen molar-refractivity contribution < 1.29 is 0 Å². The molecule has 2 aromatic heterocycles. The second-order valence-electron chi connectivity index (χ2n) is 19.7. The van der Waals surface area contributed by atoms with Gasteiger partial charge in [-0.25, -0.2) is 0 Å². The molecule has 2 heterocycles. The molecule has 0 aliphatic heterocycles. The summed E-state index contributed by atoms with van der Waals surface area (Å²) < 4.78 is 10.5. The number of hydrogen-bond acceptors (Lipinski definition) is 1.